The lowest BCUT2D eigenvalue weighted by Gasteiger charge is -2.31. The van der Waals surface area contributed by atoms with E-state index in [1.165, 1.54) is 36.1 Å². The smallest absolute Gasteiger partial charge is 0.325 e. The second-order valence-corrected chi connectivity index (χ2v) is 12.2. The number of aliphatic carboxylic acids is 1. The fourth-order valence-corrected chi connectivity index (χ4v) is 5.22. The molecule has 5 amide bonds. The summed E-state index contributed by atoms with van der Waals surface area (Å²) in [6.45, 7) is 4.49. The number of amides is 5. The number of benzene rings is 2. The van der Waals surface area contributed by atoms with E-state index in [9.17, 15) is 39.0 Å². The maximum absolute atomic E-state index is 13.8. The Balaban J connectivity index is 1.72. The van der Waals surface area contributed by atoms with Gasteiger partial charge in [0.1, 0.15) is 35.7 Å². The third kappa shape index (κ3) is 10.7. The van der Waals surface area contributed by atoms with E-state index >= 15 is 0 Å². The van der Waals surface area contributed by atoms with E-state index in [1.807, 2.05) is 0 Å². The van der Waals surface area contributed by atoms with Crippen LogP contribution in [0, 0.1) is 5.92 Å². The third-order valence-corrected chi connectivity index (χ3v) is 7.98. The lowest BCUT2D eigenvalue weighted by molar-refractivity contribution is -0.143. The van der Waals surface area contributed by atoms with Gasteiger partial charge in [0.05, 0.1) is 12.6 Å². The van der Waals surface area contributed by atoms with E-state index in [2.05, 4.69) is 21.3 Å². The Kier molecular flexibility index (Phi) is 13.3. The molecule has 2 aromatic carbocycles. The Labute approximate surface area is 278 Å². The van der Waals surface area contributed by atoms with Crippen LogP contribution < -0.4 is 27.0 Å². The largest absolute Gasteiger partial charge is 0.508 e. The number of carboxylic acids is 1. The molecular weight excluding hydrogens is 624 g/mol. The Morgan fingerprint density at radius 1 is 0.833 bits per heavy atom. The maximum Gasteiger partial charge on any atom is 0.325 e. The zero-order chi connectivity index (χ0) is 35.5. The minimum absolute atomic E-state index is 0.0140. The molecule has 1 saturated heterocycles. The zero-order valence-corrected chi connectivity index (χ0v) is 27.1. The summed E-state index contributed by atoms with van der Waals surface area (Å²) in [5, 5.41) is 38.3. The molecule has 0 aliphatic carbocycles. The summed E-state index contributed by atoms with van der Waals surface area (Å²) >= 11 is 0. The van der Waals surface area contributed by atoms with Crippen molar-refractivity contribution in [1.82, 2.24) is 26.2 Å². The van der Waals surface area contributed by atoms with Gasteiger partial charge in [-0.1, -0.05) is 38.1 Å². The molecule has 0 bridgehead atoms. The number of nitrogens with one attached hydrogen (secondary N) is 4. The average molecular weight is 669 g/mol. The lowest BCUT2D eigenvalue weighted by Crippen LogP contribution is -2.59. The average Bonchev–Trinajstić information content (AvgIpc) is 3.54. The van der Waals surface area contributed by atoms with Gasteiger partial charge >= 0.3 is 5.97 Å². The molecule has 0 saturated carbocycles. The molecule has 0 unspecified atom stereocenters. The predicted octanol–water partition coefficient (Wildman–Crippen LogP) is -0.468. The number of nitrogens with two attached hydrogens (primary N) is 1. The molecule has 9 N–H and O–H groups in total. The van der Waals surface area contributed by atoms with Crippen molar-refractivity contribution >= 4 is 35.5 Å². The molecule has 1 aliphatic heterocycles. The number of hydrogen-bond donors (Lipinski definition) is 8. The molecule has 1 heterocycles. The van der Waals surface area contributed by atoms with E-state index < -0.39 is 78.2 Å². The number of likely N-dealkylation sites (tertiary alicyclic amines) is 1. The summed E-state index contributed by atoms with van der Waals surface area (Å²) in [5.41, 5.74) is 7.48. The van der Waals surface area contributed by atoms with Crippen molar-refractivity contribution < 1.29 is 44.1 Å². The Morgan fingerprint density at radius 3 is 1.94 bits per heavy atom. The van der Waals surface area contributed by atoms with Gasteiger partial charge in [0.15, 0.2) is 0 Å². The van der Waals surface area contributed by atoms with Gasteiger partial charge in [-0.2, -0.15) is 0 Å². The molecule has 2 aromatic rings. The van der Waals surface area contributed by atoms with Crippen LogP contribution in [0.3, 0.4) is 0 Å². The monoisotopic (exact) mass is 668 g/mol. The van der Waals surface area contributed by atoms with Gasteiger partial charge in [0.25, 0.3) is 0 Å². The van der Waals surface area contributed by atoms with Crippen molar-refractivity contribution in [3.8, 4) is 11.5 Å². The van der Waals surface area contributed by atoms with Gasteiger partial charge in [-0.3, -0.25) is 28.8 Å². The van der Waals surface area contributed by atoms with Crippen LogP contribution in [0.1, 0.15) is 44.7 Å². The second-order valence-electron chi connectivity index (χ2n) is 12.2. The van der Waals surface area contributed by atoms with Gasteiger partial charge in [-0.25, -0.2) is 0 Å². The quantitative estimate of drug-likeness (QED) is 0.121. The number of carboxylic acid groups (broad SMARTS) is 1. The van der Waals surface area contributed by atoms with Crippen LogP contribution in [0.15, 0.2) is 48.5 Å². The van der Waals surface area contributed by atoms with Gasteiger partial charge in [0, 0.05) is 13.0 Å². The van der Waals surface area contributed by atoms with Crippen molar-refractivity contribution in [3.05, 3.63) is 59.7 Å². The molecule has 15 nitrogen and oxygen atoms in total. The van der Waals surface area contributed by atoms with Gasteiger partial charge in [-0.05, 0) is 67.5 Å². The number of phenolic OH excluding ortho intramolecular Hbond substituents is 2. The van der Waals surface area contributed by atoms with Crippen LogP contribution in [-0.2, 0) is 41.6 Å². The van der Waals surface area contributed by atoms with Crippen molar-refractivity contribution in [1.29, 1.82) is 0 Å². The Hall–Kier alpha value is -5.18. The summed E-state index contributed by atoms with van der Waals surface area (Å²) in [5.74, 6) is -4.66. The standard InChI is InChI=1S/C33H44N6O9/c1-18(2)28(32(46)39-14-4-5-26(39)31(45)35-17-27(42)36-19(3)33(47)48)38-30(44)25(16-21-8-12-23(41)13-9-21)37-29(43)24(34)15-20-6-10-22(40)11-7-20/h6-13,18-19,24-26,28,40-41H,4-5,14-17,34H2,1-3H3,(H,35,45)(H,36,42)(H,37,43)(H,38,44)(H,47,48)/t19-,24+,25-,26-,28-/m0/s1. The number of rotatable bonds is 15. The second kappa shape index (κ2) is 17.1. The number of aromatic hydroxyl groups is 2. The van der Waals surface area contributed by atoms with Crippen molar-refractivity contribution in [2.75, 3.05) is 13.1 Å². The molecule has 1 aliphatic rings. The minimum Gasteiger partial charge on any atom is -0.508 e. The van der Waals surface area contributed by atoms with Crippen LogP contribution in [0.2, 0.25) is 0 Å². The van der Waals surface area contributed by atoms with E-state index in [0.717, 1.165) is 0 Å². The highest BCUT2D eigenvalue weighted by Gasteiger charge is 2.39. The first-order chi connectivity index (χ1) is 22.7. The molecule has 3 rings (SSSR count). The van der Waals surface area contributed by atoms with E-state index in [4.69, 9.17) is 10.8 Å². The third-order valence-electron chi connectivity index (χ3n) is 7.98. The SMILES string of the molecule is CC(C)[C@H](NC(=O)[C@H](Cc1ccc(O)cc1)NC(=O)[C@H](N)Cc1ccc(O)cc1)C(=O)N1CCC[C@H]1C(=O)NCC(=O)N[C@@H](C)C(=O)O. The fourth-order valence-electron chi connectivity index (χ4n) is 5.22. The van der Waals surface area contributed by atoms with Crippen molar-refractivity contribution in [3.63, 3.8) is 0 Å². The fraction of sp³-hybridized carbons (Fsp3) is 0.455. The molecule has 0 aromatic heterocycles. The Morgan fingerprint density at radius 2 is 1.40 bits per heavy atom. The van der Waals surface area contributed by atoms with Crippen LogP contribution in [-0.4, -0.2) is 99.0 Å². The molecule has 5 atom stereocenters. The number of nitrogens with zero attached hydrogens (tertiary/aromatic N) is 1. The van der Waals surface area contributed by atoms with Crippen LogP contribution in [0.25, 0.3) is 0 Å². The number of hydrogen-bond acceptors (Lipinski definition) is 9. The van der Waals surface area contributed by atoms with Crippen LogP contribution in [0.5, 0.6) is 11.5 Å². The van der Waals surface area contributed by atoms with E-state index in [1.54, 1.807) is 38.1 Å². The first-order valence-corrected chi connectivity index (χ1v) is 15.7. The van der Waals surface area contributed by atoms with E-state index in [-0.39, 0.29) is 30.9 Å². The van der Waals surface area contributed by atoms with Gasteiger partial charge < -0.3 is 47.2 Å². The molecular formula is C33H44N6O9. The highest BCUT2D eigenvalue weighted by atomic mass is 16.4. The van der Waals surface area contributed by atoms with Gasteiger partial charge in [-0.15, -0.1) is 0 Å². The molecule has 1 fully saturated rings. The highest BCUT2D eigenvalue weighted by molar-refractivity contribution is 5.96. The molecule has 0 radical (unpaired) electrons. The molecule has 15 heteroatoms. The molecule has 48 heavy (non-hydrogen) atoms. The summed E-state index contributed by atoms with van der Waals surface area (Å²) in [6.07, 6.45) is 0.969. The number of carbonyl (C=O) groups excluding carboxylic acids is 5. The Bertz CT molecular complexity index is 1460. The number of carbonyl (C=O) groups is 6. The zero-order valence-electron chi connectivity index (χ0n) is 27.1. The van der Waals surface area contributed by atoms with E-state index in [0.29, 0.717) is 24.0 Å². The van der Waals surface area contributed by atoms with Crippen LogP contribution >= 0.6 is 0 Å². The summed E-state index contributed by atoms with van der Waals surface area (Å²) in [6, 6.07) is 6.95. The van der Waals surface area contributed by atoms with Crippen molar-refractivity contribution in [2.45, 2.75) is 76.7 Å². The predicted molar refractivity (Wildman–Crippen MR) is 173 cm³/mol. The lowest BCUT2D eigenvalue weighted by atomic mass is 9.99. The topological polar surface area (TPSA) is 240 Å². The normalized spacial score (nSPS) is 16.7. The minimum atomic E-state index is -1.23. The first kappa shape index (κ1) is 37.3. The first-order valence-electron chi connectivity index (χ1n) is 15.7. The maximum atomic E-state index is 13.8. The highest BCUT2D eigenvalue weighted by Crippen LogP contribution is 2.21. The summed E-state index contributed by atoms with van der Waals surface area (Å²) < 4.78 is 0. The summed E-state index contributed by atoms with van der Waals surface area (Å²) in [7, 11) is 0. The van der Waals surface area contributed by atoms with Crippen LogP contribution in [0.4, 0.5) is 0 Å². The molecule has 0 spiro atoms. The van der Waals surface area contributed by atoms with Gasteiger partial charge in [0.2, 0.25) is 29.5 Å². The number of phenols is 2. The summed E-state index contributed by atoms with van der Waals surface area (Å²) in [4.78, 5) is 78.1. The van der Waals surface area contributed by atoms with Crippen molar-refractivity contribution in [2.24, 2.45) is 11.7 Å². The molecule has 260 valence electrons.